The molecule has 0 bridgehead atoms. The van der Waals surface area contributed by atoms with Crippen molar-refractivity contribution in [1.29, 1.82) is 0 Å². The molecule has 1 atom stereocenters. The minimum absolute atomic E-state index is 0.123. The second kappa shape index (κ2) is 12.7. The van der Waals surface area contributed by atoms with Gasteiger partial charge in [0.05, 0.1) is 14.2 Å². The Kier molecular flexibility index (Phi) is 10.9. The summed E-state index contributed by atoms with van der Waals surface area (Å²) >= 11 is 5.90. The first-order valence-electron chi connectivity index (χ1n) is 9.13. The van der Waals surface area contributed by atoms with E-state index in [9.17, 15) is 0 Å². The second-order valence-corrected chi connectivity index (χ2v) is 6.78. The molecule has 5 heteroatoms. The Morgan fingerprint density at radius 1 is 1.12 bits per heavy atom. The van der Waals surface area contributed by atoms with Crippen LogP contribution in [0.25, 0.3) is 0 Å². The maximum absolute atomic E-state index is 5.98. The van der Waals surface area contributed by atoms with Crippen LogP contribution in [0, 0.1) is 5.92 Å². The van der Waals surface area contributed by atoms with E-state index in [2.05, 4.69) is 32.2 Å². The molecule has 1 N–H and O–H groups in total. The average Bonchev–Trinajstić information content (AvgIpc) is 2.63. The number of benzene rings is 1. The minimum atomic E-state index is 0.123. The Morgan fingerprint density at radius 3 is 2.31 bits per heavy atom. The third-order valence-electron chi connectivity index (χ3n) is 3.76. The highest BCUT2D eigenvalue weighted by Crippen LogP contribution is 2.18. The Labute approximate surface area is 163 Å². The van der Waals surface area contributed by atoms with Gasteiger partial charge in [-0.15, -0.1) is 0 Å². The lowest BCUT2D eigenvalue weighted by atomic mass is 10.1. The van der Waals surface area contributed by atoms with Gasteiger partial charge in [-0.05, 0) is 61.7 Å². The lowest BCUT2D eigenvalue weighted by Crippen LogP contribution is -2.31. The van der Waals surface area contributed by atoms with Crippen LogP contribution < -0.4 is 10.1 Å². The quantitative estimate of drug-likeness (QED) is 0.307. The SMILES string of the molecule is CCC(CNCC/C=C(OC)\C(=C/C(C)C)OC)Oc1ccc(Cl)cc1. The topological polar surface area (TPSA) is 39.7 Å². The molecule has 0 heterocycles. The van der Waals surface area contributed by atoms with Gasteiger partial charge in [0.2, 0.25) is 0 Å². The van der Waals surface area contributed by atoms with E-state index in [0.29, 0.717) is 10.9 Å². The van der Waals surface area contributed by atoms with E-state index in [0.717, 1.165) is 43.2 Å². The molecule has 0 saturated heterocycles. The first kappa shape index (κ1) is 22.4. The van der Waals surface area contributed by atoms with Crippen molar-refractivity contribution < 1.29 is 14.2 Å². The van der Waals surface area contributed by atoms with Crippen molar-refractivity contribution >= 4 is 11.6 Å². The summed E-state index contributed by atoms with van der Waals surface area (Å²) in [5.74, 6) is 2.79. The van der Waals surface area contributed by atoms with Crippen molar-refractivity contribution in [2.45, 2.75) is 39.7 Å². The van der Waals surface area contributed by atoms with Gasteiger partial charge < -0.3 is 19.5 Å². The number of nitrogens with one attached hydrogen (secondary N) is 1. The van der Waals surface area contributed by atoms with Crippen LogP contribution >= 0.6 is 11.6 Å². The molecule has 1 unspecified atom stereocenters. The summed E-state index contributed by atoms with van der Waals surface area (Å²) in [5.41, 5.74) is 0. The molecule has 146 valence electrons. The van der Waals surface area contributed by atoms with Crippen LogP contribution in [0.3, 0.4) is 0 Å². The van der Waals surface area contributed by atoms with Crippen LogP contribution in [0.1, 0.15) is 33.6 Å². The van der Waals surface area contributed by atoms with Crippen molar-refractivity contribution in [1.82, 2.24) is 5.32 Å². The van der Waals surface area contributed by atoms with E-state index in [1.165, 1.54) is 0 Å². The summed E-state index contributed by atoms with van der Waals surface area (Å²) in [6.45, 7) is 7.96. The van der Waals surface area contributed by atoms with Gasteiger partial charge in [-0.1, -0.05) is 32.4 Å². The van der Waals surface area contributed by atoms with Gasteiger partial charge in [0.25, 0.3) is 0 Å². The van der Waals surface area contributed by atoms with Gasteiger partial charge in [-0.25, -0.2) is 0 Å². The maximum Gasteiger partial charge on any atom is 0.156 e. The first-order chi connectivity index (χ1) is 12.5. The summed E-state index contributed by atoms with van der Waals surface area (Å²) in [6, 6.07) is 7.47. The Hall–Kier alpha value is -1.65. The fourth-order valence-corrected chi connectivity index (χ4v) is 2.51. The predicted molar refractivity (Wildman–Crippen MR) is 109 cm³/mol. The molecule has 0 saturated carbocycles. The number of allylic oxidation sites excluding steroid dienone is 1. The number of halogens is 1. The van der Waals surface area contributed by atoms with Crippen LogP contribution in [0.4, 0.5) is 0 Å². The molecule has 0 fully saturated rings. The molecule has 0 aromatic heterocycles. The highest BCUT2D eigenvalue weighted by Gasteiger charge is 2.09. The molecule has 0 spiro atoms. The monoisotopic (exact) mass is 381 g/mol. The number of ether oxygens (including phenoxy) is 3. The Balaban J connectivity index is 2.44. The lowest BCUT2D eigenvalue weighted by molar-refractivity contribution is 0.193. The van der Waals surface area contributed by atoms with Gasteiger partial charge >= 0.3 is 0 Å². The largest absolute Gasteiger partial charge is 0.493 e. The summed E-state index contributed by atoms with van der Waals surface area (Å²) in [7, 11) is 3.33. The van der Waals surface area contributed by atoms with Crippen LogP contribution in [0.15, 0.2) is 47.9 Å². The van der Waals surface area contributed by atoms with Crippen LogP contribution in [-0.4, -0.2) is 33.4 Å². The first-order valence-corrected chi connectivity index (χ1v) is 9.51. The molecule has 1 aromatic carbocycles. The molecular weight excluding hydrogens is 350 g/mol. The molecule has 0 amide bonds. The molecule has 1 aromatic rings. The normalized spacial score (nSPS) is 13.7. The van der Waals surface area contributed by atoms with Gasteiger partial charge in [0.1, 0.15) is 11.9 Å². The second-order valence-electron chi connectivity index (χ2n) is 6.35. The summed E-state index contributed by atoms with van der Waals surface area (Å²) in [5, 5.41) is 4.15. The number of rotatable bonds is 12. The third-order valence-corrected chi connectivity index (χ3v) is 4.01. The summed E-state index contributed by atoms with van der Waals surface area (Å²) in [4.78, 5) is 0. The standard InChI is InChI=1S/C21H32ClNO3/c1-6-18(26-19-11-9-17(22)10-12-19)15-23-13-7-8-20(24-4)21(25-5)14-16(2)3/h8-12,14,16,18,23H,6-7,13,15H2,1-5H3/b20-8+,21-14+. The smallest absolute Gasteiger partial charge is 0.156 e. The summed E-state index contributed by atoms with van der Waals surface area (Å²) in [6.07, 6.45) is 6.00. The van der Waals surface area contributed by atoms with E-state index >= 15 is 0 Å². The van der Waals surface area contributed by atoms with Gasteiger partial charge in [-0.3, -0.25) is 0 Å². The zero-order valence-electron chi connectivity index (χ0n) is 16.5. The average molecular weight is 382 g/mol. The lowest BCUT2D eigenvalue weighted by Gasteiger charge is -2.18. The van der Waals surface area contributed by atoms with Crippen LogP contribution in [0.2, 0.25) is 5.02 Å². The van der Waals surface area contributed by atoms with E-state index in [-0.39, 0.29) is 6.10 Å². The molecule has 26 heavy (non-hydrogen) atoms. The highest BCUT2D eigenvalue weighted by atomic mass is 35.5. The molecule has 1 rings (SSSR count). The molecule has 0 aliphatic heterocycles. The van der Waals surface area contributed by atoms with E-state index < -0.39 is 0 Å². The molecule has 0 aliphatic rings. The van der Waals surface area contributed by atoms with Crippen molar-refractivity contribution in [2.24, 2.45) is 5.92 Å². The fourth-order valence-electron chi connectivity index (χ4n) is 2.38. The van der Waals surface area contributed by atoms with Gasteiger partial charge in [0.15, 0.2) is 11.5 Å². The molecule has 0 aliphatic carbocycles. The zero-order chi connectivity index (χ0) is 19.4. The predicted octanol–water partition coefficient (Wildman–Crippen LogP) is 5.19. The third kappa shape index (κ3) is 8.63. The maximum atomic E-state index is 5.98. The van der Waals surface area contributed by atoms with E-state index in [4.69, 9.17) is 25.8 Å². The van der Waals surface area contributed by atoms with Crippen LogP contribution in [0.5, 0.6) is 5.75 Å². The highest BCUT2D eigenvalue weighted by molar-refractivity contribution is 6.30. The van der Waals surface area contributed by atoms with Crippen molar-refractivity contribution in [3.05, 3.63) is 53.0 Å². The summed E-state index contributed by atoms with van der Waals surface area (Å²) < 4.78 is 16.8. The van der Waals surface area contributed by atoms with E-state index in [1.807, 2.05) is 30.3 Å². The minimum Gasteiger partial charge on any atom is -0.493 e. The number of hydrogen-bond donors (Lipinski definition) is 1. The van der Waals surface area contributed by atoms with Crippen LogP contribution in [-0.2, 0) is 9.47 Å². The molecule has 0 radical (unpaired) electrons. The zero-order valence-corrected chi connectivity index (χ0v) is 17.3. The van der Waals surface area contributed by atoms with Gasteiger partial charge in [-0.2, -0.15) is 0 Å². The Morgan fingerprint density at radius 2 is 1.77 bits per heavy atom. The molecular formula is C21H32ClNO3. The van der Waals surface area contributed by atoms with E-state index in [1.54, 1.807) is 14.2 Å². The Bertz CT molecular complexity index is 567. The molecule has 4 nitrogen and oxygen atoms in total. The van der Waals surface area contributed by atoms with Gasteiger partial charge in [0, 0.05) is 11.6 Å². The van der Waals surface area contributed by atoms with Crippen molar-refractivity contribution in [3.63, 3.8) is 0 Å². The van der Waals surface area contributed by atoms with Crippen molar-refractivity contribution in [3.8, 4) is 5.75 Å². The number of hydrogen-bond acceptors (Lipinski definition) is 4. The van der Waals surface area contributed by atoms with Crippen molar-refractivity contribution in [2.75, 3.05) is 27.3 Å². The number of methoxy groups -OCH3 is 2. The fraction of sp³-hybridized carbons (Fsp3) is 0.524.